The van der Waals surface area contributed by atoms with Crippen molar-refractivity contribution in [1.82, 2.24) is 25.0 Å². The van der Waals surface area contributed by atoms with Crippen molar-refractivity contribution in [2.45, 2.75) is 45.5 Å². The number of nitrogens with one attached hydrogen (secondary N) is 1. The van der Waals surface area contributed by atoms with Gasteiger partial charge in [-0.25, -0.2) is 18.4 Å². The first-order valence-electron chi connectivity index (χ1n) is 9.32. The molecule has 152 valence electrons. The van der Waals surface area contributed by atoms with Crippen molar-refractivity contribution in [3.8, 4) is 0 Å². The van der Waals surface area contributed by atoms with Crippen LogP contribution in [0.25, 0.3) is 0 Å². The molecule has 0 saturated carbocycles. The summed E-state index contributed by atoms with van der Waals surface area (Å²) >= 11 is 0. The molecule has 3 rings (SSSR count). The Balaban J connectivity index is 1.57. The first kappa shape index (κ1) is 20.3. The number of halogens is 2. The zero-order valence-electron chi connectivity index (χ0n) is 16.0. The molecule has 2 N–H and O–H groups in total. The normalized spacial score (nSPS) is 20.1. The molecule has 1 aliphatic rings. The molecule has 1 aliphatic heterocycles. The molecular formula is C19H25F2N5O2. The minimum Gasteiger partial charge on any atom is -0.390 e. The topological polar surface area (TPSA) is 83.3 Å². The van der Waals surface area contributed by atoms with Crippen molar-refractivity contribution >= 4 is 5.91 Å². The van der Waals surface area contributed by atoms with E-state index < -0.39 is 36.1 Å². The monoisotopic (exact) mass is 393 g/mol. The number of aromatic nitrogens is 3. The molecule has 2 heterocycles. The second-order valence-corrected chi connectivity index (χ2v) is 7.56. The summed E-state index contributed by atoms with van der Waals surface area (Å²) in [7, 11) is 0. The van der Waals surface area contributed by atoms with Crippen LogP contribution < -0.4 is 5.32 Å². The van der Waals surface area contributed by atoms with Gasteiger partial charge in [-0.1, -0.05) is 19.9 Å². The molecule has 2 atom stereocenters. The van der Waals surface area contributed by atoms with Crippen molar-refractivity contribution in [3.05, 3.63) is 47.5 Å². The third-order valence-electron chi connectivity index (χ3n) is 4.71. The first-order chi connectivity index (χ1) is 13.3. The number of β-amino-alcohol motifs (C(OH)–C–C–N with tert-alkyl or cyclic N) is 1. The predicted octanol–water partition coefficient (Wildman–Crippen LogP) is 1.12. The number of hydrogen-bond acceptors (Lipinski definition) is 5. The molecule has 9 heteroatoms. The zero-order chi connectivity index (χ0) is 20.3. The van der Waals surface area contributed by atoms with Crippen molar-refractivity contribution in [2.24, 2.45) is 5.92 Å². The summed E-state index contributed by atoms with van der Waals surface area (Å²) in [6.45, 7) is 6.22. The number of amides is 1. The maximum absolute atomic E-state index is 13.7. The van der Waals surface area contributed by atoms with Crippen LogP contribution in [0.2, 0.25) is 0 Å². The lowest BCUT2D eigenvalue weighted by atomic mass is 10.1. The molecule has 0 radical (unpaired) electrons. The van der Waals surface area contributed by atoms with Gasteiger partial charge in [-0.05, 0) is 18.1 Å². The fourth-order valence-electron chi connectivity index (χ4n) is 3.37. The van der Waals surface area contributed by atoms with E-state index in [4.69, 9.17) is 0 Å². The molecule has 0 bridgehead atoms. The van der Waals surface area contributed by atoms with Crippen LogP contribution in [-0.2, 0) is 24.3 Å². The van der Waals surface area contributed by atoms with Gasteiger partial charge >= 0.3 is 0 Å². The van der Waals surface area contributed by atoms with Gasteiger partial charge in [-0.2, -0.15) is 5.10 Å². The Morgan fingerprint density at radius 2 is 2.04 bits per heavy atom. The van der Waals surface area contributed by atoms with Crippen LogP contribution in [0.4, 0.5) is 8.78 Å². The molecule has 7 nitrogen and oxygen atoms in total. The number of aliphatic hydroxyl groups is 1. The highest BCUT2D eigenvalue weighted by Gasteiger charge is 2.33. The summed E-state index contributed by atoms with van der Waals surface area (Å²) in [6.07, 6.45) is 0.326. The zero-order valence-corrected chi connectivity index (χ0v) is 16.0. The number of aliphatic hydroxyl groups excluding tert-OH is 1. The molecule has 1 fully saturated rings. The molecule has 1 aromatic carbocycles. The second kappa shape index (κ2) is 8.74. The fourth-order valence-corrected chi connectivity index (χ4v) is 3.37. The molecule has 1 amide bonds. The van der Waals surface area contributed by atoms with E-state index in [0.29, 0.717) is 25.6 Å². The number of likely N-dealkylation sites (tertiary alicyclic amines) is 1. The maximum Gasteiger partial charge on any atom is 0.224 e. The largest absolute Gasteiger partial charge is 0.390 e. The Labute approximate surface area is 162 Å². The minimum absolute atomic E-state index is 0.272. The minimum atomic E-state index is -0.768. The SMILES string of the molecule is CC(C)Cn1ncnc1CN1C[C@@H](O)[C@H](NC(=O)Cc2c(F)cccc2F)C1. The number of nitrogens with zero attached hydrogens (tertiary/aromatic N) is 4. The van der Waals surface area contributed by atoms with Gasteiger partial charge in [0, 0.05) is 25.2 Å². The third-order valence-corrected chi connectivity index (χ3v) is 4.71. The molecule has 2 aromatic rings. The number of carbonyl (C=O) groups is 1. The lowest BCUT2D eigenvalue weighted by molar-refractivity contribution is -0.121. The average molecular weight is 393 g/mol. The van der Waals surface area contributed by atoms with Gasteiger partial charge < -0.3 is 10.4 Å². The van der Waals surface area contributed by atoms with E-state index in [1.165, 1.54) is 12.4 Å². The average Bonchev–Trinajstić information content (AvgIpc) is 3.18. The van der Waals surface area contributed by atoms with Gasteiger partial charge in [0.2, 0.25) is 5.91 Å². The van der Waals surface area contributed by atoms with E-state index in [2.05, 4.69) is 29.2 Å². The fraction of sp³-hybridized carbons (Fsp3) is 0.526. The van der Waals surface area contributed by atoms with Gasteiger partial charge in [-0.3, -0.25) is 9.69 Å². The maximum atomic E-state index is 13.7. The van der Waals surface area contributed by atoms with E-state index in [9.17, 15) is 18.7 Å². The quantitative estimate of drug-likeness (QED) is 0.737. The highest BCUT2D eigenvalue weighted by molar-refractivity contribution is 5.79. The van der Waals surface area contributed by atoms with Crippen LogP contribution in [0, 0.1) is 17.6 Å². The summed E-state index contributed by atoms with van der Waals surface area (Å²) in [5, 5.41) is 17.2. The second-order valence-electron chi connectivity index (χ2n) is 7.56. The lowest BCUT2D eigenvalue weighted by Gasteiger charge is -2.17. The van der Waals surface area contributed by atoms with Crippen LogP contribution >= 0.6 is 0 Å². The highest BCUT2D eigenvalue weighted by Crippen LogP contribution is 2.16. The Kier molecular flexibility index (Phi) is 6.35. The van der Waals surface area contributed by atoms with Gasteiger partial charge in [0.25, 0.3) is 0 Å². The van der Waals surface area contributed by atoms with Gasteiger partial charge in [0.1, 0.15) is 23.8 Å². The number of rotatable bonds is 7. The van der Waals surface area contributed by atoms with E-state index in [-0.39, 0.29) is 5.56 Å². The van der Waals surface area contributed by atoms with Crippen molar-refractivity contribution in [2.75, 3.05) is 13.1 Å². The predicted molar refractivity (Wildman–Crippen MR) is 98.1 cm³/mol. The van der Waals surface area contributed by atoms with Crippen LogP contribution in [0.5, 0.6) is 0 Å². The Morgan fingerprint density at radius 3 is 2.71 bits per heavy atom. The standard InChI is InChI=1S/C19H25F2N5O2/c1-12(2)7-26-18(22-11-23-26)10-25-8-16(17(27)9-25)24-19(28)6-13-14(20)4-3-5-15(13)21/h3-5,11-12,16-17,27H,6-10H2,1-2H3,(H,24,28)/t16-,17-/m1/s1. The van der Waals surface area contributed by atoms with E-state index >= 15 is 0 Å². The molecule has 1 saturated heterocycles. The van der Waals surface area contributed by atoms with E-state index in [1.54, 1.807) is 0 Å². The van der Waals surface area contributed by atoms with E-state index in [0.717, 1.165) is 24.5 Å². The summed E-state index contributed by atoms with van der Waals surface area (Å²) < 4.78 is 29.3. The Bertz CT molecular complexity index is 806. The summed E-state index contributed by atoms with van der Waals surface area (Å²) in [6, 6.07) is 2.97. The molecule has 0 unspecified atom stereocenters. The van der Waals surface area contributed by atoms with Crippen molar-refractivity contribution < 1.29 is 18.7 Å². The highest BCUT2D eigenvalue weighted by atomic mass is 19.1. The molecule has 28 heavy (non-hydrogen) atoms. The third kappa shape index (κ3) is 4.90. The first-order valence-corrected chi connectivity index (χ1v) is 9.32. The number of hydrogen-bond donors (Lipinski definition) is 2. The smallest absolute Gasteiger partial charge is 0.224 e. The van der Waals surface area contributed by atoms with Crippen LogP contribution in [0.15, 0.2) is 24.5 Å². The molecular weight excluding hydrogens is 368 g/mol. The molecule has 0 aliphatic carbocycles. The Morgan fingerprint density at radius 1 is 1.32 bits per heavy atom. The summed E-state index contributed by atoms with van der Waals surface area (Å²) in [5.41, 5.74) is -0.272. The lowest BCUT2D eigenvalue weighted by Crippen LogP contribution is -2.43. The number of carbonyl (C=O) groups excluding carboxylic acids is 1. The van der Waals surface area contributed by atoms with Gasteiger partial charge in [0.15, 0.2) is 0 Å². The van der Waals surface area contributed by atoms with Gasteiger partial charge in [0.05, 0.1) is 25.1 Å². The molecule has 0 spiro atoms. The van der Waals surface area contributed by atoms with Crippen molar-refractivity contribution in [1.29, 1.82) is 0 Å². The van der Waals surface area contributed by atoms with Crippen LogP contribution in [-0.4, -0.2) is 55.9 Å². The van der Waals surface area contributed by atoms with Gasteiger partial charge in [-0.15, -0.1) is 0 Å². The van der Waals surface area contributed by atoms with Crippen molar-refractivity contribution in [3.63, 3.8) is 0 Å². The Hall–Kier alpha value is -2.39. The van der Waals surface area contributed by atoms with Crippen LogP contribution in [0.1, 0.15) is 25.2 Å². The van der Waals surface area contributed by atoms with E-state index in [1.807, 2.05) is 9.58 Å². The summed E-state index contributed by atoms with van der Waals surface area (Å²) in [5.74, 6) is -0.823. The summed E-state index contributed by atoms with van der Waals surface area (Å²) in [4.78, 5) is 18.5. The van der Waals surface area contributed by atoms with Crippen LogP contribution in [0.3, 0.4) is 0 Å². The molecule has 1 aromatic heterocycles. The number of benzene rings is 1.